The molecule has 2 heterocycles. The molecule has 1 unspecified atom stereocenters. The number of anilines is 2. The molecule has 0 fully saturated rings. The summed E-state index contributed by atoms with van der Waals surface area (Å²) in [6.07, 6.45) is 4.96. The smallest absolute Gasteiger partial charge is 0.258 e. The normalized spacial score (nSPS) is 12.3. The van der Waals surface area contributed by atoms with E-state index < -0.39 is 0 Å². The SMILES string of the molecule is CSC(C)CNc1nc(N)nc(-n2cncn2)n1. The highest BCUT2D eigenvalue weighted by Crippen LogP contribution is 2.08. The molecule has 2 rings (SSSR count). The summed E-state index contributed by atoms with van der Waals surface area (Å²) in [7, 11) is 0. The molecular formula is C9H14N8S. The third-order valence-corrected chi connectivity index (χ3v) is 3.19. The van der Waals surface area contributed by atoms with E-state index in [-0.39, 0.29) is 5.95 Å². The molecule has 18 heavy (non-hydrogen) atoms. The van der Waals surface area contributed by atoms with Gasteiger partial charge in [0.1, 0.15) is 12.7 Å². The lowest BCUT2D eigenvalue weighted by Gasteiger charge is -2.10. The number of nitrogens with zero attached hydrogens (tertiary/aromatic N) is 6. The third-order valence-electron chi connectivity index (χ3n) is 2.21. The topological polar surface area (TPSA) is 107 Å². The minimum Gasteiger partial charge on any atom is -0.368 e. The van der Waals surface area contributed by atoms with Crippen LogP contribution >= 0.6 is 11.8 Å². The van der Waals surface area contributed by atoms with Gasteiger partial charge in [0.2, 0.25) is 11.9 Å². The van der Waals surface area contributed by atoms with Gasteiger partial charge >= 0.3 is 0 Å². The Hall–Kier alpha value is -1.90. The van der Waals surface area contributed by atoms with E-state index in [0.717, 1.165) is 6.54 Å². The van der Waals surface area contributed by atoms with Gasteiger partial charge < -0.3 is 11.1 Å². The zero-order valence-electron chi connectivity index (χ0n) is 10.1. The second-order valence-electron chi connectivity index (χ2n) is 3.58. The lowest BCUT2D eigenvalue weighted by molar-refractivity contribution is 0.796. The van der Waals surface area contributed by atoms with Gasteiger partial charge in [0.25, 0.3) is 5.95 Å². The van der Waals surface area contributed by atoms with Gasteiger partial charge in [-0.05, 0) is 6.26 Å². The maximum atomic E-state index is 5.64. The molecule has 2 aromatic rings. The standard InChI is InChI=1S/C9H14N8S/c1-6(18-2)3-12-8-14-7(10)15-9(16-8)17-5-11-4-13-17/h4-6H,3H2,1-2H3,(H3,10,12,14,15,16). The highest BCUT2D eigenvalue weighted by Gasteiger charge is 2.07. The number of rotatable bonds is 5. The summed E-state index contributed by atoms with van der Waals surface area (Å²) < 4.78 is 1.43. The van der Waals surface area contributed by atoms with E-state index in [9.17, 15) is 0 Å². The van der Waals surface area contributed by atoms with Crippen molar-refractivity contribution < 1.29 is 0 Å². The first-order chi connectivity index (χ1) is 8.69. The van der Waals surface area contributed by atoms with Crippen molar-refractivity contribution in [2.45, 2.75) is 12.2 Å². The Morgan fingerprint density at radius 2 is 2.28 bits per heavy atom. The van der Waals surface area contributed by atoms with Crippen LogP contribution in [0, 0.1) is 0 Å². The van der Waals surface area contributed by atoms with E-state index in [4.69, 9.17) is 5.73 Å². The molecule has 1 atom stereocenters. The van der Waals surface area contributed by atoms with E-state index >= 15 is 0 Å². The van der Waals surface area contributed by atoms with Crippen molar-refractivity contribution in [2.75, 3.05) is 23.9 Å². The van der Waals surface area contributed by atoms with E-state index in [0.29, 0.717) is 17.1 Å². The summed E-state index contributed by atoms with van der Waals surface area (Å²) in [5, 5.41) is 7.52. The molecular weight excluding hydrogens is 252 g/mol. The summed E-state index contributed by atoms with van der Waals surface area (Å²) in [5.74, 6) is 0.933. The van der Waals surface area contributed by atoms with Crippen LogP contribution in [0.2, 0.25) is 0 Å². The van der Waals surface area contributed by atoms with Crippen molar-refractivity contribution >= 4 is 23.7 Å². The van der Waals surface area contributed by atoms with Crippen LogP contribution in [0.1, 0.15) is 6.92 Å². The van der Waals surface area contributed by atoms with Crippen LogP contribution in [0.4, 0.5) is 11.9 Å². The third kappa shape index (κ3) is 3.06. The zero-order chi connectivity index (χ0) is 13.0. The second-order valence-corrected chi connectivity index (χ2v) is 4.86. The summed E-state index contributed by atoms with van der Waals surface area (Å²) >= 11 is 1.76. The van der Waals surface area contributed by atoms with Crippen molar-refractivity contribution in [2.24, 2.45) is 0 Å². The molecule has 2 aromatic heterocycles. The van der Waals surface area contributed by atoms with Crippen LogP contribution in [0.5, 0.6) is 0 Å². The molecule has 0 amide bonds. The van der Waals surface area contributed by atoms with Crippen LogP contribution in [0.3, 0.4) is 0 Å². The van der Waals surface area contributed by atoms with Crippen LogP contribution in [0.25, 0.3) is 5.95 Å². The van der Waals surface area contributed by atoms with Crippen LogP contribution in [0.15, 0.2) is 12.7 Å². The number of aromatic nitrogens is 6. The molecule has 8 nitrogen and oxygen atoms in total. The highest BCUT2D eigenvalue weighted by atomic mass is 32.2. The fraction of sp³-hybridized carbons (Fsp3) is 0.444. The van der Waals surface area contributed by atoms with Gasteiger partial charge in [-0.25, -0.2) is 4.98 Å². The van der Waals surface area contributed by atoms with Gasteiger partial charge in [0.05, 0.1) is 0 Å². The number of nitrogen functional groups attached to an aromatic ring is 1. The predicted octanol–water partition coefficient (Wildman–Crippen LogP) is 0.198. The van der Waals surface area contributed by atoms with Gasteiger partial charge in [0.15, 0.2) is 0 Å². The first-order valence-electron chi connectivity index (χ1n) is 5.32. The Balaban J connectivity index is 2.17. The summed E-state index contributed by atoms with van der Waals surface area (Å²) in [5.41, 5.74) is 5.64. The number of nitrogens with two attached hydrogens (primary N) is 1. The highest BCUT2D eigenvalue weighted by molar-refractivity contribution is 7.99. The second kappa shape index (κ2) is 5.63. The van der Waals surface area contributed by atoms with Crippen LogP contribution < -0.4 is 11.1 Å². The molecule has 3 N–H and O–H groups in total. The summed E-state index contributed by atoms with van der Waals surface area (Å²) in [4.78, 5) is 16.1. The van der Waals surface area contributed by atoms with Crippen molar-refractivity contribution in [3.05, 3.63) is 12.7 Å². The minimum absolute atomic E-state index is 0.148. The Labute approximate surface area is 108 Å². The van der Waals surface area contributed by atoms with Crippen LogP contribution in [-0.4, -0.2) is 47.8 Å². The lowest BCUT2D eigenvalue weighted by atomic mass is 10.5. The van der Waals surface area contributed by atoms with Crippen molar-refractivity contribution in [3.63, 3.8) is 0 Å². The summed E-state index contributed by atoms with van der Waals surface area (Å²) in [6, 6.07) is 0. The molecule has 0 saturated heterocycles. The van der Waals surface area contributed by atoms with E-state index in [1.165, 1.54) is 17.3 Å². The van der Waals surface area contributed by atoms with Gasteiger partial charge in [-0.15, -0.1) is 0 Å². The predicted molar refractivity (Wildman–Crippen MR) is 70.6 cm³/mol. The molecule has 0 aliphatic heterocycles. The fourth-order valence-corrected chi connectivity index (χ4v) is 1.44. The average molecular weight is 266 g/mol. The molecule has 0 bridgehead atoms. The summed E-state index contributed by atoms with van der Waals surface area (Å²) in [6.45, 7) is 2.86. The molecule has 0 aliphatic carbocycles. The molecule has 0 aromatic carbocycles. The van der Waals surface area contributed by atoms with E-state index in [1.807, 2.05) is 0 Å². The maximum Gasteiger partial charge on any atom is 0.258 e. The van der Waals surface area contributed by atoms with E-state index in [2.05, 4.69) is 43.5 Å². The average Bonchev–Trinajstić information content (AvgIpc) is 2.89. The number of hydrogen-bond donors (Lipinski definition) is 2. The van der Waals surface area contributed by atoms with Gasteiger partial charge in [-0.2, -0.15) is 36.5 Å². The largest absolute Gasteiger partial charge is 0.368 e. The molecule has 0 spiro atoms. The lowest BCUT2D eigenvalue weighted by Crippen LogP contribution is -2.17. The maximum absolute atomic E-state index is 5.64. The Morgan fingerprint density at radius 1 is 1.44 bits per heavy atom. The Morgan fingerprint density at radius 3 is 2.94 bits per heavy atom. The van der Waals surface area contributed by atoms with Crippen molar-refractivity contribution in [3.8, 4) is 5.95 Å². The molecule has 9 heteroatoms. The molecule has 0 saturated carbocycles. The van der Waals surface area contributed by atoms with Gasteiger partial charge in [-0.3, -0.25) is 0 Å². The molecule has 0 radical (unpaired) electrons. The first kappa shape index (κ1) is 12.6. The number of nitrogens with one attached hydrogen (secondary N) is 1. The Bertz CT molecular complexity index is 499. The quantitative estimate of drug-likeness (QED) is 0.790. The fourth-order valence-electron chi connectivity index (χ4n) is 1.19. The van der Waals surface area contributed by atoms with Crippen molar-refractivity contribution in [1.29, 1.82) is 0 Å². The number of thioether (sulfide) groups is 1. The minimum atomic E-state index is 0.148. The Kier molecular flexibility index (Phi) is 3.92. The van der Waals surface area contributed by atoms with Crippen molar-refractivity contribution in [1.82, 2.24) is 29.7 Å². The zero-order valence-corrected chi connectivity index (χ0v) is 10.9. The van der Waals surface area contributed by atoms with Crippen LogP contribution in [-0.2, 0) is 0 Å². The van der Waals surface area contributed by atoms with Gasteiger partial charge in [-0.1, -0.05) is 6.92 Å². The number of hydrogen-bond acceptors (Lipinski definition) is 8. The van der Waals surface area contributed by atoms with E-state index in [1.54, 1.807) is 11.8 Å². The first-order valence-corrected chi connectivity index (χ1v) is 6.61. The molecule has 96 valence electrons. The molecule has 0 aliphatic rings. The monoisotopic (exact) mass is 266 g/mol. The van der Waals surface area contributed by atoms with Gasteiger partial charge in [0, 0.05) is 11.8 Å².